The topological polar surface area (TPSA) is 39.5 Å². The van der Waals surface area contributed by atoms with E-state index < -0.39 is 0 Å². The SMILES string of the molecule is CC1=C(/C=C/C(C)=C/C=C/C(C)=C/c2cc(/C=C/C=C(\C)C3OC3C3=C(C)CCCC3(C)C)cc[n+]2CC[O-])C(C)(C)CCC1. The molecule has 0 aromatic carbocycles. The minimum Gasteiger partial charge on any atom is -0.850 e. The van der Waals surface area contributed by atoms with Gasteiger partial charge in [-0.1, -0.05) is 99.6 Å². The summed E-state index contributed by atoms with van der Waals surface area (Å²) in [6.07, 6.45) is 29.5. The van der Waals surface area contributed by atoms with Crippen LogP contribution in [-0.4, -0.2) is 18.8 Å². The molecule has 45 heavy (non-hydrogen) atoms. The predicted molar refractivity (Wildman–Crippen MR) is 189 cm³/mol. The highest BCUT2D eigenvalue weighted by molar-refractivity contribution is 5.57. The molecule has 0 saturated carbocycles. The molecule has 4 rings (SSSR count). The zero-order valence-electron chi connectivity index (χ0n) is 29.5. The molecule has 3 aliphatic rings. The van der Waals surface area contributed by atoms with Crippen molar-refractivity contribution < 1.29 is 14.4 Å². The summed E-state index contributed by atoms with van der Waals surface area (Å²) < 4.78 is 8.26. The highest BCUT2D eigenvalue weighted by Gasteiger charge is 2.48. The maximum absolute atomic E-state index is 11.5. The molecule has 1 saturated heterocycles. The van der Waals surface area contributed by atoms with Crippen molar-refractivity contribution in [1.82, 2.24) is 0 Å². The lowest BCUT2D eigenvalue weighted by Crippen LogP contribution is -2.41. The van der Waals surface area contributed by atoms with Crippen LogP contribution >= 0.6 is 0 Å². The Labute approximate surface area is 274 Å². The minimum absolute atomic E-state index is 0.145. The van der Waals surface area contributed by atoms with Crippen LogP contribution in [0.25, 0.3) is 12.2 Å². The van der Waals surface area contributed by atoms with Crippen LogP contribution in [0.5, 0.6) is 0 Å². The van der Waals surface area contributed by atoms with E-state index in [-0.39, 0.29) is 29.6 Å². The number of aromatic nitrogens is 1. The molecule has 1 aromatic heterocycles. The molecule has 1 fully saturated rings. The van der Waals surface area contributed by atoms with Gasteiger partial charge in [0.2, 0.25) is 5.69 Å². The van der Waals surface area contributed by atoms with Crippen LogP contribution in [0, 0.1) is 10.8 Å². The molecule has 2 aliphatic carbocycles. The van der Waals surface area contributed by atoms with Gasteiger partial charge in [0, 0.05) is 18.2 Å². The number of hydrogen-bond acceptors (Lipinski definition) is 2. The molecule has 242 valence electrons. The molecule has 0 amide bonds. The molecule has 3 nitrogen and oxygen atoms in total. The quantitative estimate of drug-likeness (QED) is 0.109. The van der Waals surface area contributed by atoms with Gasteiger partial charge in [-0.2, -0.15) is 0 Å². The van der Waals surface area contributed by atoms with Crippen LogP contribution in [0.1, 0.15) is 112 Å². The molecule has 0 bridgehead atoms. The van der Waals surface area contributed by atoms with Gasteiger partial charge in [0.05, 0.1) is 0 Å². The Balaban J connectivity index is 1.43. The number of hydrogen-bond donors (Lipinski definition) is 0. The van der Waals surface area contributed by atoms with Gasteiger partial charge in [0.15, 0.2) is 6.20 Å². The summed E-state index contributed by atoms with van der Waals surface area (Å²) in [7, 11) is 0. The van der Waals surface area contributed by atoms with Crippen LogP contribution in [0.3, 0.4) is 0 Å². The highest BCUT2D eigenvalue weighted by Crippen LogP contribution is 2.49. The summed E-state index contributed by atoms with van der Waals surface area (Å²) in [5, 5.41) is 11.5. The van der Waals surface area contributed by atoms with Crippen molar-refractivity contribution >= 4 is 12.2 Å². The van der Waals surface area contributed by atoms with Crippen LogP contribution < -0.4 is 9.67 Å². The van der Waals surface area contributed by atoms with Crippen LogP contribution in [0.15, 0.2) is 99.9 Å². The van der Waals surface area contributed by atoms with Gasteiger partial charge >= 0.3 is 0 Å². The zero-order valence-corrected chi connectivity index (χ0v) is 29.5. The number of rotatable bonds is 11. The van der Waals surface area contributed by atoms with Crippen molar-refractivity contribution in [1.29, 1.82) is 0 Å². The summed E-state index contributed by atoms with van der Waals surface area (Å²) >= 11 is 0. The van der Waals surface area contributed by atoms with E-state index in [0.717, 1.165) is 16.8 Å². The second kappa shape index (κ2) is 15.1. The first-order valence-corrected chi connectivity index (χ1v) is 17.1. The fourth-order valence-corrected chi connectivity index (χ4v) is 7.36. The fourth-order valence-electron chi connectivity index (χ4n) is 7.36. The fraction of sp³-hybridized carbons (Fsp3) is 0.500. The first-order chi connectivity index (χ1) is 21.3. The summed E-state index contributed by atoms with van der Waals surface area (Å²) in [6.45, 7) is 20.8. The average Bonchev–Trinajstić information content (AvgIpc) is 3.73. The van der Waals surface area contributed by atoms with Gasteiger partial charge in [-0.3, -0.25) is 0 Å². The molecule has 3 heteroatoms. The van der Waals surface area contributed by atoms with E-state index in [1.165, 1.54) is 72.0 Å². The van der Waals surface area contributed by atoms with E-state index in [2.05, 4.69) is 129 Å². The number of allylic oxidation sites excluding steroid dienone is 12. The number of ether oxygens (including phenoxy) is 1. The smallest absolute Gasteiger partial charge is 0.205 e. The molecule has 1 aliphatic heterocycles. The lowest BCUT2D eigenvalue weighted by molar-refractivity contribution is -0.713. The second-order valence-corrected chi connectivity index (χ2v) is 14.9. The molecule has 0 spiro atoms. The first-order valence-electron chi connectivity index (χ1n) is 17.1. The van der Waals surface area contributed by atoms with Crippen molar-refractivity contribution in [2.45, 2.75) is 120 Å². The highest BCUT2D eigenvalue weighted by atomic mass is 16.6. The van der Waals surface area contributed by atoms with Crippen molar-refractivity contribution in [3.63, 3.8) is 0 Å². The molecular formula is C42H57NO2. The van der Waals surface area contributed by atoms with Gasteiger partial charge in [-0.15, -0.1) is 0 Å². The molecular weight excluding hydrogens is 550 g/mol. The maximum atomic E-state index is 11.5. The summed E-state index contributed by atoms with van der Waals surface area (Å²) in [5.41, 5.74) is 12.3. The van der Waals surface area contributed by atoms with E-state index in [1.54, 1.807) is 0 Å². The monoisotopic (exact) mass is 607 g/mol. The number of epoxide rings is 1. The summed E-state index contributed by atoms with van der Waals surface area (Å²) in [5.74, 6) is 0. The van der Waals surface area contributed by atoms with E-state index in [9.17, 15) is 5.11 Å². The molecule has 2 atom stereocenters. The Kier molecular flexibility index (Phi) is 11.7. The lowest BCUT2D eigenvalue weighted by Gasteiger charge is -2.34. The Morgan fingerprint density at radius 2 is 1.62 bits per heavy atom. The Bertz CT molecular complexity index is 1480. The van der Waals surface area contributed by atoms with Crippen molar-refractivity contribution in [3.8, 4) is 0 Å². The van der Waals surface area contributed by atoms with E-state index >= 15 is 0 Å². The van der Waals surface area contributed by atoms with Crippen LogP contribution in [0.4, 0.5) is 0 Å². The zero-order chi connectivity index (χ0) is 32.8. The third kappa shape index (κ3) is 9.27. The maximum Gasteiger partial charge on any atom is 0.205 e. The average molecular weight is 608 g/mol. The molecule has 2 heterocycles. The van der Waals surface area contributed by atoms with Gasteiger partial charge in [-0.05, 0) is 112 Å². The van der Waals surface area contributed by atoms with Crippen molar-refractivity contribution in [2.75, 3.05) is 6.61 Å². The largest absolute Gasteiger partial charge is 0.850 e. The third-order valence-electron chi connectivity index (χ3n) is 9.99. The Morgan fingerprint density at radius 1 is 0.911 bits per heavy atom. The van der Waals surface area contributed by atoms with Gasteiger partial charge in [0.1, 0.15) is 18.8 Å². The molecule has 0 radical (unpaired) electrons. The lowest BCUT2D eigenvalue weighted by atomic mass is 9.71. The molecule has 0 N–H and O–H groups in total. The van der Waals surface area contributed by atoms with E-state index in [0.29, 0.717) is 6.54 Å². The summed E-state index contributed by atoms with van der Waals surface area (Å²) in [6, 6.07) is 4.24. The number of pyridine rings is 1. The Morgan fingerprint density at radius 3 is 2.31 bits per heavy atom. The predicted octanol–water partition coefficient (Wildman–Crippen LogP) is 9.58. The Hall–Kier alpha value is -3.01. The number of nitrogens with zero attached hydrogens (tertiary/aromatic N) is 1. The van der Waals surface area contributed by atoms with E-state index in [4.69, 9.17) is 4.74 Å². The van der Waals surface area contributed by atoms with Crippen LogP contribution in [0.2, 0.25) is 0 Å². The standard InChI is InChI=1S/C42H57NO2/c1-30(20-21-37-32(3)17-12-23-41(37,6)7)14-10-15-31(2)28-36-29-35(22-25-43(36)26-27-44)19-11-16-34(5)39-40(45-39)38-33(4)18-13-24-42(38,8)9/h10-11,14-16,19-22,25,28-29,39-40H,12-13,17-18,23-24,26-27H2,1-9H3/b15-10+,19-11+,21-20+,30-14+,31-28+,34-16+. The van der Waals surface area contributed by atoms with Crippen molar-refractivity contribution in [2.24, 2.45) is 10.8 Å². The summed E-state index contributed by atoms with van der Waals surface area (Å²) in [4.78, 5) is 0. The van der Waals surface area contributed by atoms with Crippen LogP contribution in [-0.2, 0) is 11.3 Å². The third-order valence-corrected chi connectivity index (χ3v) is 9.99. The van der Waals surface area contributed by atoms with Gasteiger partial charge in [0.25, 0.3) is 0 Å². The molecule has 1 aromatic rings. The minimum atomic E-state index is -0.145. The van der Waals surface area contributed by atoms with Crippen molar-refractivity contribution in [3.05, 3.63) is 111 Å². The normalized spacial score (nSPS) is 24.5. The van der Waals surface area contributed by atoms with Gasteiger partial charge < -0.3 is 9.84 Å². The van der Waals surface area contributed by atoms with Gasteiger partial charge in [-0.25, -0.2) is 4.57 Å². The molecule has 2 unspecified atom stereocenters. The second-order valence-electron chi connectivity index (χ2n) is 14.9. The van der Waals surface area contributed by atoms with E-state index in [1.807, 2.05) is 10.8 Å². The first kappa shape index (κ1) is 34.9.